The van der Waals surface area contributed by atoms with E-state index in [1.165, 1.54) is 0 Å². The molecule has 0 aliphatic carbocycles. The van der Waals surface area contributed by atoms with Crippen LogP contribution >= 0.6 is 0 Å². The van der Waals surface area contributed by atoms with Crippen molar-refractivity contribution >= 4 is 17.3 Å². The fourth-order valence-electron chi connectivity index (χ4n) is 1.88. The molecule has 0 radical (unpaired) electrons. The van der Waals surface area contributed by atoms with Crippen molar-refractivity contribution in [3.63, 3.8) is 0 Å². The highest BCUT2D eigenvalue weighted by atomic mass is 16.3. The summed E-state index contributed by atoms with van der Waals surface area (Å²) in [6.07, 6.45) is 1.81. The molecule has 2 rings (SSSR count). The van der Waals surface area contributed by atoms with E-state index >= 15 is 0 Å². The molecule has 0 spiro atoms. The molecular formula is C13H14O2. The number of benzene rings is 1. The van der Waals surface area contributed by atoms with Gasteiger partial charge in [-0.05, 0) is 18.4 Å². The second kappa shape index (κ2) is 3.89. The van der Waals surface area contributed by atoms with Crippen LogP contribution in [0.15, 0.2) is 28.7 Å². The molecule has 1 atom stereocenters. The van der Waals surface area contributed by atoms with Crippen molar-refractivity contribution in [1.29, 1.82) is 0 Å². The van der Waals surface area contributed by atoms with E-state index in [0.717, 1.165) is 29.2 Å². The zero-order chi connectivity index (χ0) is 10.8. The number of para-hydroxylation sites is 1. The van der Waals surface area contributed by atoms with Crippen LogP contribution in [0.1, 0.15) is 42.3 Å². The molecule has 0 amide bonds. The fraction of sp³-hybridized carbons (Fsp3) is 0.308. The summed E-state index contributed by atoms with van der Waals surface area (Å²) in [4.78, 5) is 10.9. The molecule has 1 aromatic heterocycles. The van der Waals surface area contributed by atoms with Crippen LogP contribution in [0.25, 0.3) is 11.0 Å². The first-order valence-corrected chi connectivity index (χ1v) is 5.24. The topological polar surface area (TPSA) is 30.2 Å². The quantitative estimate of drug-likeness (QED) is 0.709. The Hall–Kier alpha value is -1.57. The lowest BCUT2D eigenvalue weighted by Gasteiger charge is -2.06. The molecule has 1 heterocycles. The first-order valence-electron chi connectivity index (χ1n) is 5.24. The summed E-state index contributed by atoms with van der Waals surface area (Å²) in [5.41, 5.74) is 1.85. The van der Waals surface area contributed by atoms with Gasteiger partial charge in [0, 0.05) is 10.9 Å². The van der Waals surface area contributed by atoms with E-state index in [4.69, 9.17) is 4.42 Å². The Morgan fingerprint density at radius 3 is 2.80 bits per heavy atom. The number of carbonyl (C=O) groups is 1. The maximum Gasteiger partial charge on any atom is 0.185 e. The number of hydrogen-bond donors (Lipinski definition) is 0. The van der Waals surface area contributed by atoms with Crippen LogP contribution in [0, 0.1) is 0 Å². The summed E-state index contributed by atoms with van der Waals surface area (Å²) in [6, 6.07) is 7.79. The zero-order valence-electron chi connectivity index (χ0n) is 8.99. The SMILES string of the molecule is CCC(C)c1c(C=O)oc2ccccc12. The minimum atomic E-state index is 0.355. The van der Waals surface area contributed by atoms with Crippen molar-refractivity contribution in [2.24, 2.45) is 0 Å². The number of furan rings is 1. The molecule has 0 saturated heterocycles. The molecule has 2 nitrogen and oxygen atoms in total. The minimum absolute atomic E-state index is 0.355. The smallest absolute Gasteiger partial charge is 0.185 e. The first-order chi connectivity index (χ1) is 7.27. The van der Waals surface area contributed by atoms with Gasteiger partial charge in [-0.15, -0.1) is 0 Å². The second-order valence-corrected chi connectivity index (χ2v) is 3.80. The van der Waals surface area contributed by atoms with Crippen LogP contribution in [0.5, 0.6) is 0 Å². The predicted octanol–water partition coefficient (Wildman–Crippen LogP) is 3.76. The van der Waals surface area contributed by atoms with Gasteiger partial charge in [-0.1, -0.05) is 32.0 Å². The van der Waals surface area contributed by atoms with Gasteiger partial charge in [-0.25, -0.2) is 0 Å². The molecule has 0 saturated carbocycles. The highest BCUT2D eigenvalue weighted by Crippen LogP contribution is 2.32. The van der Waals surface area contributed by atoms with Crippen LogP contribution < -0.4 is 0 Å². The fourth-order valence-corrected chi connectivity index (χ4v) is 1.88. The number of aldehydes is 1. The lowest BCUT2D eigenvalue weighted by Crippen LogP contribution is -1.93. The number of fused-ring (bicyclic) bond motifs is 1. The molecule has 1 aromatic carbocycles. The van der Waals surface area contributed by atoms with Gasteiger partial charge in [0.1, 0.15) is 5.58 Å². The van der Waals surface area contributed by atoms with Crippen LogP contribution in [0.3, 0.4) is 0 Å². The van der Waals surface area contributed by atoms with E-state index in [1.807, 2.05) is 24.3 Å². The molecule has 0 aliphatic heterocycles. The van der Waals surface area contributed by atoms with Crippen molar-refractivity contribution < 1.29 is 9.21 Å². The van der Waals surface area contributed by atoms with Crippen LogP contribution in [0.4, 0.5) is 0 Å². The molecule has 0 aliphatic rings. The Kier molecular flexibility index (Phi) is 2.58. The Morgan fingerprint density at radius 1 is 1.40 bits per heavy atom. The summed E-state index contributed by atoms with van der Waals surface area (Å²) in [6.45, 7) is 4.23. The molecular weight excluding hydrogens is 188 g/mol. The Morgan fingerprint density at radius 2 is 2.13 bits per heavy atom. The normalized spacial score (nSPS) is 12.9. The van der Waals surface area contributed by atoms with E-state index in [1.54, 1.807) is 0 Å². The van der Waals surface area contributed by atoms with Crippen LogP contribution in [0.2, 0.25) is 0 Å². The summed E-state index contributed by atoms with van der Waals surface area (Å²) < 4.78 is 5.50. The van der Waals surface area contributed by atoms with Gasteiger partial charge in [0.15, 0.2) is 12.0 Å². The molecule has 0 bridgehead atoms. The first kappa shape index (κ1) is 9.97. The van der Waals surface area contributed by atoms with Crippen molar-refractivity contribution in [3.8, 4) is 0 Å². The monoisotopic (exact) mass is 202 g/mol. The van der Waals surface area contributed by atoms with E-state index in [0.29, 0.717) is 11.7 Å². The van der Waals surface area contributed by atoms with E-state index in [2.05, 4.69) is 13.8 Å². The Bertz CT molecular complexity index is 482. The highest BCUT2D eigenvalue weighted by Gasteiger charge is 2.17. The second-order valence-electron chi connectivity index (χ2n) is 3.80. The van der Waals surface area contributed by atoms with Crippen molar-refractivity contribution in [2.75, 3.05) is 0 Å². The van der Waals surface area contributed by atoms with Crippen molar-refractivity contribution in [3.05, 3.63) is 35.6 Å². The van der Waals surface area contributed by atoms with E-state index in [9.17, 15) is 4.79 Å². The maximum absolute atomic E-state index is 10.9. The Labute approximate surface area is 88.9 Å². The molecule has 0 N–H and O–H groups in total. The standard InChI is InChI=1S/C13H14O2/c1-3-9(2)13-10-6-4-5-7-11(10)15-12(13)8-14/h4-9H,3H2,1-2H3. The minimum Gasteiger partial charge on any atom is -0.453 e. The van der Waals surface area contributed by atoms with E-state index in [-0.39, 0.29) is 0 Å². The molecule has 1 unspecified atom stereocenters. The van der Waals surface area contributed by atoms with Gasteiger partial charge < -0.3 is 4.42 Å². The number of hydrogen-bond acceptors (Lipinski definition) is 2. The third-order valence-corrected chi connectivity index (χ3v) is 2.87. The van der Waals surface area contributed by atoms with Crippen molar-refractivity contribution in [2.45, 2.75) is 26.2 Å². The number of rotatable bonds is 3. The average molecular weight is 202 g/mol. The van der Waals surface area contributed by atoms with Gasteiger partial charge in [0.25, 0.3) is 0 Å². The van der Waals surface area contributed by atoms with Crippen LogP contribution in [-0.4, -0.2) is 6.29 Å². The third-order valence-electron chi connectivity index (χ3n) is 2.87. The molecule has 2 aromatic rings. The van der Waals surface area contributed by atoms with Crippen molar-refractivity contribution in [1.82, 2.24) is 0 Å². The summed E-state index contributed by atoms with van der Waals surface area (Å²) in [7, 11) is 0. The summed E-state index contributed by atoms with van der Waals surface area (Å²) in [5, 5.41) is 1.06. The van der Waals surface area contributed by atoms with Gasteiger partial charge in [-0.2, -0.15) is 0 Å². The van der Waals surface area contributed by atoms with Gasteiger partial charge >= 0.3 is 0 Å². The van der Waals surface area contributed by atoms with Gasteiger partial charge in [0.2, 0.25) is 0 Å². The molecule has 78 valence electrons. The predicted molar refractivity (Wildman–Crippen MR) is 60.3 cm³/mol. The summed E-state index contributed by atoms with van der Waals surface area (Å²) in [5.74, 6) is 0.833. The molecule has 0 fully saturated rings. The Balaban J connectivity index is 2.72. The van der Waals surface area contributed by atoms with Gasteiger partial charge in [0.05, 0.1) is 0 Å². The summed E-state index contributed by atoms with van der Waals surface area (Å²) >= 11 is 0. The number of carbonyl (C=O) groups excluding carboxylic acids is 1. The van der Waals surface area contributed by atoms with Gasteiger partial charge in [-0.3, -0.25) is 4.79 Å². The molecule has 2 heteroatoms. The highest BCUT2D eigenvalue weighted by molar-refractivity contribution is 5.90. The lowest BCUT2D eigenvalue weighted by atomic mass is 9.96. The van der Waals surface area contributed by atoms with E-state index < -0.39 is 0 Å². The largest absolute Gasteiger partial charge is 0.453 e. The third kappa shape index (κ3) is 1.56. The average Bonchev–Trinajstić information content (AvgIpc) is 2.66. The zero-order valence-corrected chi connectivity index (χ0v) is 8.99. The lowest BCUT2D eigenvalue weighted by molar-refractivity contribution is 0.110. The van der Waals surface area contributed by atoms with Crippen LogP contribution in [-0.2, 0) is 0 Å². The maximum atomic E-state index is 10.9. The molecule has 15 heavy (non-hydrogen) atoms.